The summed E-state index contributed by atoms with van der Waals surface area (Å²) in [5.74, 6) is -0.759. The van der Waals surface area contributed by atoms with E-state index in [0.717, 1.165) is 5.69 Å². The molecule has 0 aliphatic carbocycles. The van der Waals surface area contributed by atoms with Crippen molar-refractivity contribution in [2.45, 2.75) is 25.7 Å². The van der Waals surface area contributed by atoms with Gasteiger partial charge in [0, 0.05) is 31.7 Å². The van der Waals surface area contributed by atoms with Gasteiger partial charge in [0.05, 0.1) is 12.8 Å². The second-order valence-electron chi connectivity index (χ2n) is 4.85. The predicted molar refractivity (Wildman–Crippen MR) is 73.0 cm³/mol. The molecule has 1 heterocycles. The molecule has 1 unspecified atom stereocenters. The summed E-state index contributed by atoms with van der Waals surface area (Å²) in [6.07, 6.45) is 5.39. The molecule has 0 N–H and O–H groups in total. The van der Waals surface area contributed by atoms with Gasteiger partial charge in [0.15, 0.2) is 0 Å². The molecule has 1 atom stereocenters. The van der Waals surface area contributed by atoms with Gasteiger partial charge >= 0.3 is 11.9 Å². The lowest BCUT2D eigenvalue weighted by atomic mass is 9.84. The summed E-state index contributed by atoms with van der Waals surface area (Å²) >= 11 is 0. The molecule has 0 spiro atoms. The number of carbonyl (C=O) groups is 2. The maximum atomic E-state index is 11.1. The number of nitrogens with zero attached hydrogens (tertiary/aromatic N) is 2. The highest BCUT2D eigenvalue weighted by molar-refractivity contribution is 5.81. The summed E-state index contributed by atoms with van der Waals surface area (Å²) in [4.78, 5) is 22.1. The number of hydrogen-bond donors (Lipinski definition) is 0. The third-order valence-electron chi connectivity index (χ3n) is 2.95. The first kappa shape index (κ1) is 15.9. The standard InChI is InChI=1S/C14H20N2O4/c1-11(17)20-10-14(2,8-5-6-13(18)19-4)12-7-9-16(3)15-12/h5-7,9H,8,10H2,1-4H3/b6-5+. The molecule has 0 bridgehead atoms. The molecule has 0 aliphatic rings. The van der Waals surface area contributed by atoms with Crippen molar-refractivity contribution in [2.24, 2.45) is 7.05 Å². The van der Waals surface area contributed by atoms with Gasteiger partial charge in [0.25, 0.3) is 0 Å². The van der Waals surface area contributed by atoms with Crippen LogP contribution in [0.25, 0.3) is 0 Å². The first-order valence-corrected chi connectivity index (χ1v) is 6.25. The van der Waals surface area contributed by atoms with Crippen LogP contribution < -0.4 is 0 Å². The quantitative estimate of drug-likeness (QED) is 0.581. The number of aromatic nitrogens is 2. The Hall–Kier alpha value is -2.11. The minimum atomic E-state index is -0.489. The van der Waals surface area contributed by atoms with Crippen LogP contribution in [0.4, 0.5) is 0 Å². The number of allylic oxidation sites excluding steroid dienone is 1. The Morgan fingerprint density at radius 1 is 1.50 bits per heavy atom. The number of hydrogen-bond acceptors (Lipinski definition) is 5. The fourth-order valence-electron chi connectivity index (χ4n) is 1.72. The zero-order valence-corrected chi connectivity index (χ0v) is 12.3. The van der Waals surface area contributed by atoms with Gasteiger partial charge in [-0.25, -0.2) is 4.79 Å². The van der Waals surface area contributed by atoms with Crippen LogP contribution in [0.2, 0.25) is 0 Å². The Labute approximate surface area is 118 Å². The highest BCUT2D eigenvalue weighted by atomic mass is 16.5. The molecule has 110 valence electrons. The Morgan fingerprint density at radius 3 is 2.70 bits per heavy atom. The lowest BCUT2D eigenvalue weighted by Gasteiger charge is -2.25. The number of methoxy groups -OCH3 is 1. The van der Waals surface area contributed by atoms with Crippen LogP contribution >= 0.6 is 0 Å². The van der Waals surface area contributed by atoms with Crippen molar-refractivity contribution >= 4 is 11.9 Å². The van der Waals surface area contributed by atoms with Gasteiger partial charge in [0.2, 0.25) is 0 Å². The van der Waals surface area contributed by atoms with Gasteiger partial charge in [0.1, 0.15) is 6.61 Å². The molecular formula is C14H20N2O4. The van der Waals surface area contributed by atoms with Crippen molar-refractivity contribution in [1.82, 2.24) is 9.78 Å². The molecule has 6 heteroatoms. The summed E-state index contributed by atoms with van der Waals surface area (Å²) in [5, 5.41) is 4.35. The molecule has 0 aromatic carbocycles. The second kappa shape index (κ2) is 6.88. The predicted octanol–water partition coefficient (Wildman–Crippen LogP) is 1.36. The van der Waals surface area contributed by atoms with E-state index in [1.165, 1.54) is 20.1 Å². The van der Waals surface area contributed by atoms with Crippen LogP contribution in [0.1, 0.15) is 26.0 Å². The molecule has 1 rings (SSSR count). The Morgan fingerprint density at radius 2 is 2.20 bits per heavy atom. The van der Waals surface area contributed by atoms with Crippen LogP contribution in [0.5, 0.6) is 0 Å². The fraction of sp³-hybridized carbons (Fsp3) is 0.500. The fourth-order valence-corrected chi connectivity index (χ4v) is 1.72. The molecule has 0 aliphatic heterocycles. The second-order valence-corrected chi connectivity index (χ2v) is 4.85. The van der Waals surface area contributed by atoms with Gasteiger partial charge in [-0.2, -0.15) is 5.10 Å². The molecule has 0 saturated carbocycles. The summed E-state index contributed by atoms with van der Waals surface area (Å²) in [6.45, 7) is 3.49. The summed E-state index contributed by atoms with van der Waals surface area (Å²) in [6, 6.07) is 1.87. The average Bonchev–Trinajstić information content (AvgIpc) is 2.83. The van der Waals surface area contributed by atoms with E-state index in [0.29, 0.717) is 6.42 Å². The van der Waals surface area contributed by atoms with Crippen LogP contribution in [0, 0.1) is 0 Å². The number of aryl methyl sites for hydroxylation is 1. The van der Waals surface area contributed by atoms with E-state index in [-0.39, 0.29) is 12.6 Å². The molecule has 1 aromatic heterocycles. The third-order valence-corrected chi connectivity index (χ3v) is 2.95. The molecule has 0 saturated heterocycles. The van der Waals surface area contributed by atoms with Crippen LogP contribution in [0.15, 0.2) is 24.4 Å². The van der Waals surface area contributed by atoms with E-state index in [1.807, 2.05) is 26.2 Å². The van der Waals surface area contributed by atoms with Gasteiger partial charge in [-0.05, 0) is 12.5 Å². The van der Waals surface area contributed by atoms with Crippen molar-refractivity contribution in [2.75, 3.05) is 13.7 Å². The van der Waals surface area contributed by atoms with E-state index in [2.05, 4.69) is 9.84 Å². The highest BCUT2D eigenvalue weighted by Crippen LogP contribution is 2.27. The minimum absolute atomic E-state index is 0.199. The van der Waals surface area contributed by atoms with Crippen molar-refractivity contribution in [1.29, 1.82) is 0 Å². The zero-order chi connectivity index (χ0) is 15.2. The van der Waals surface area contributed by atoms with E-state index in [1.54, 1.807) is 10.8 Å². The number of rotatable bonds is 6. The molecular weight excluding hydrogens is 260 g/mol. The lowest BCUT2D eigenvalue weighted by Crippen LogP contribution is -2.29. The molecule has 6 nitrogen and oxygen atoms in total. The van der Waals surface area contributed by atoms with E-state index >= 15 is 0 Å². The van der Waals surface area contributed by atoms with Crippen molar-refractivity contribution in [3.63, 3.8) is 0 Å². The number of esters is 2. The molecule has 0 fully saturated rings. The van der Waals surface area contributed by atoms with E-state index in [9.17, 15) is 9.59 Å². The minimum Gasteiger partial charge on any atom is -0.466 e. The van der Waals surface area contributed by atoms with Crippen LogP contribution in [0.3, 0.4) is 0 Å². The van der Waals surface area contributed by atoms with Crippen LogP contribution in [-0.4, -0.2) is 35.4 Å². The molecule has 20 heavy (non-hydrogen) atoms. The summed E-state index contributed by atoms with van der Waals surface area (Å²) < 4.78 is 11.3. The maximum absolute atomic E-state index is 11.1. The van der Waals surface area contributed by atoms with Crippen molar-refractivity contribution < 1.29 is 19.1 Å². The van der Waals surface area contributed by atoms with Gasteiger partial charge in [-0.15, -0.1) is 0 Å². The topological polar surface area (TPSA) is 70.4 Å². The van der Waals surface area contributed by atoms with Gasteiger partial charge in [-0.3, -0.25) is 9.48 Å². The summed E-state index contributed by atoms with van der Waals surface area (Å²) in [7, 11) is 3.14. The van der Waals surface area contributed by atoms with Gasteiger partial charge in [-0.1, -0.05) is 13.0 Å². The van der Waals surface area contributed by atoms with Crippen molar-refractivity contribution in [3.05, 3.63) is 30.1 Å². The smallest absolute Gasteiger partial charge is 0.330 e. The third kappa shape index (κ3) is 4.53. The first-order chi connectivity index (χ1) is 9.37. The van der Waals surface area contributed by atoms with Crippen molar-refractivity contribution in [3.8, 4) is 0 Å². The largest absolute Gasteiger partial charge is 0.466 e. The normalized spacial score (nSPS) is 14.0. The average molecular weight is 280 g/mol. The van der Waals surface area contributed by atoms with Crippen LogP contribution in [-0.2, 0) is 31.5 Å². The highest BCUT2D eigenvalue weighted by Gasteiger charge is 2.29. The van der Waals surface area contributed by atoms with E-state index < -0.39 is 11.4 Å². The molecule has 0 amide bonds. The first-order valence-electron chi connectivity index (χ1n) is 6.25. The van der Waals surface area contributed by atoms with E-state index in [4.69, 9.17) is 4.74 Å². The maximum Gasteiger partial charge on any atom is 0.330 e. The van der Waals surface area contributed by atoms with Gasteiger partial charge < -0.3 is 9.47 Å². The summed E-state index contributed by atoms with van der Waals surface area (Å²) in [5.41, 5.74) is 0.313. The monoisotopic (exact) mass is 280 g/mol. The molecule has 0 radical (unpaired) electrons. The number of ether oxygens (including phenoxy) is 2. The zero-order valence-electron chi connectivity index (χ0n) is 12.3. The Balaban J connectivity index is 2.86. The Kier molecular flexibility index (Phi) is 5.49. The SMILES string of the molecule is COC(=O)/C=C/CC(C)(COC(C)=O)c1ccn(C)n1. The Bertz CT molecular complexity index is 507. The lowest BCUT2D eigenvalue weighted by molar-refractivity contribution is -0.142. The molecule has 1 aromatic rings. The number of carbonyl (C=O) groups excluding carboxylic acids is 2.